The minimum Gasteiger partial charge on any atom is -0.366 e. The molecular formula is C19H24N4O2. The molecule has 3 rings (SSSR count). The molecule has 1 aromatic carbocycles. The molecular weight excluding hydrogens is 316 g/mol. The lowest BCUT2D eigenvalue weighted by atomic mass is 10.1. The van der Waals surface area contributed by atoms with Gasteiger partial charge in [-0.05, 0) is 5.92 Å². The third-order valence-electron chi connectivity index (χ3n) is 4.39. The van der Waals surface area contributed by atoms with Gasteiger partial charge < -0.3 is 9.80 Å². The second-order valence-corrected chi connectivity index (χ2v) is 6.80. The van der Waals surface area contributed by atoms with Crippen molar-refractivity contribution in [3.63, 3.8) is 0 Å². The lowest BCUT2D eigenvalue weighted by molar-refractivity contribution is -0.132. The van der Waals surface area contributed by atoms with Crippen LogP contribution in [0.3, 0.4) is 0 Å². The van der Waals surface area contributed by atoms with Crippen LogP contribution in [0.25, 0.3) is 11.3 Å². The zero-order valence-electron chi connectivity index (χ0n) is 14.7. The van der Waals surface area contributed by atoms with Crippen LogP contribution in [0, 0.1) is 5.92 Å². The van der Waals surface area contributed by atoms with Gasteiger partial charge in [0, 0.05) is 44.2 Å². The second-order valence-electron chi connectivity index (χ2n) is 6.80. The Morgan fingerprint density at radius 2 is 1.84 bits per heavy atom. The van der Waals surface area contributed by atoms with Gasteiger partial charge in [0.15, 0.2) is 0 Å². The lowest BCUT2D eigenvalue weighted by Gasteiger charge is -2.36. The summed E-state index contributed by atoms with van der Waals surface area (Å²) < 4.78 is 0. The lowest BCUT2D eigenvalue weighted by Crippen LogP contribution is -2.49. The fourth-order valence-electron chi connectivity index (χ4n) is 3.12. The molecule has 1 aliphatic heterocycles. The van der Waals surface area contributed by atoms with Crippen LogP contribution in [0.15, 0.2) is 41.2 Å². The minimum atomic E-state index is -0.215. The smallest absolute Gasteiger partial charge is 0.266 e. The summed E-state index contributed by atoms with van der Waals surface area (Å²) in [5.41, 5.74) is 2.34. The van der Waals surface area contributed by atoms with Gasteiger partial charge in [0.1, 0.15) is 5.69 Å². The topological polar surface area (TPSA) is 69.3 Å². The summed E-state index contributed by atoms with van der Waals surface area (Å²) in [6, 6.07) is 11.4. The SMILES string of the molecule is CC(C)CC(=O)N1CCN(c2cc(=O)[nH]nc2-c2ccccc2)CC1. The van der Waals surface area contributed by atoms with Crippen LogP contribution >= 0.6 is 0 Å². The molecule has 0 saturated carbocycles. The van der Waals surface area contributed by atoms with Gasteiger partial charge in [0.2, 0.25) is 5.91 Å². The van der Waals surface area contributed by atoms with E-state index in [0.717, 1.165) is 16.9 Å². The predicted octanol–water partition coefficient (Wildman–Crippen LogP) is 2.13. The van der Waals surface area contributed by atoms with E-state index in [0.29, 0.717) is 38.5 Å². The summed E-state index contributed by atoms with van der Waals surface area (Å²) in [4.78, 5) is 28.1. The number of aromatic nitrogens is 2. The Bertz CT molecular complexity index is 778. The average molecular weight is 340 g/mol. The molecule has 0 unspecified atom stereocenters. The summed E-state index contributed by atoms with van der Waals surface area (Å²) in [5.74, 6) is 0.578. The molecule has 1 N–H and O–H groups in total. The largest absolute Gasteiger partial charge is 0.366 e. The highest BCUT2D eigenvalue weighted by Crippen LogP contribution is 2.27. The number of rotatable bonds is 4. The number of nitrogens with zero attached hydrogens (tertiary/aromatic N) is 3. The molecule has 0 atom stereocenters. The summed E-state index contributed by atoms with van der Waals surface area (Å²) in [5, 5.41) is 6.79. The van der Waals surface area contributed by atoms with Crippen molar-refractivity contribution in [1.82, 2.24) is 15.1 Å². The molecule has 0 bridgehead atoms. The van der Waals surface area contributed by atoms with E-state index in [1.54, 1.807) is 6.07 Å². The van der Waals surface area contributed by atoms with Gasteiger partial charge >= 0.3 is 0 Å². The van der Waals surface area contributed by atoms with Gasteiger partial charge in [-0.3, -0.25) is 9.59 Å². The van der Waals surface area contributed by atoms with E-state index < -0.39 is 0 Å². The molecule has 132 valence electrons. The summed E-state index contributed by atoms with van der Waals surface area (Å²) in [6.07, 6.45) is 0.585. The van der Waals surface area contributed by atoms with Crippen molar-refractivity contribution in [2.75, 3.05) is 31.1 Å². The first-order valence-electron chi connectivity index (χ1n) is 8.72. The zero-order valence-corrected chi connectivity index (χ0v) is 14.7. The first kappa shape index (κ1) is 17.2. The summed E-state index contributed by atoms with van der Waals surface area (Å²) >= 11 is 0. The monoisotopic (exact) mass is 340 g/mol. The van der Waals surface area contributed by atoms with Crippen LogP contribution < -0.4 is 10.5 Å². The Labute approximate surface area is 147 Å². The third-order valence-corrected chi connectivity index (χ3v) is 4.39. The Kier molecular flexibility index (Phi) is 5.16. The van der Waals surface area contributed by atoms with E-state index in [2.05, 4.69) is 28.9 Å². The number of amides is 1. The molecule has 1 aliphatic rings. The van der Waals surface area contributed by atoms with E-state index in [1.165, 1.54) is 0 Å². The molecule has 25 heavy (non-hydrogen) atoms. The quantitative estimate of drug-likeness (QED) is 0.926. The number of nitrogens with one attached hydrogen (secondary N) is 1. The molecule has 0 radical (unpaired) electrons. The Morgan fingerprint density at radius 1 is 1.16 bits per heavy atom. The molecule has 2 aromatic rings. The Hall–Kier alpha value is -2.63. The van der Waals surface area contributed by atoms with Crippen molar-refractivity contribution >= 4 is 11.6 Å². The standard InChI is InChI=1S/C19H24N4O2/c1-14(2)12-18(25)23-10-8-22(9-11-23)16-13-17(24)20-21-19(16)15-6-4-3-5-7-15/h3-7,13-14H,8-12H2,1-2H3,(H,20,24). The predicted molar refractivity (Wildman–Crippen MR) is 98.5 cm³/mol. The maximum atomic E-state index is 12.2. The molecule has 6 nitrogen and oxygen atoms in total. The maximum absolute atomic E-state index is 12.2. The number of anilines is 1. The number of H-pyrrole nitrogens is 1. The van der Waals surface area contributed by atoms with Crippen molar-refractivity contribution in [3.8, 4) is 11.3 Å². The fourth-order valence-corrected chi connectivity index (χ4v) is 3.12. The Morgan fingerprint density at radius 3 is 2.48 bits per heavy atom. The van der Waals surface area contributed by atoms with Crippen molar-refractivity contribution < 1.29 is 4.79 Å². The van der Waals surface area contributed by atoms with E-state index in [-0.39, 0.29) is 11.5 Å². The van der Waals surface area contributed by atoms with Crippen LogP contribution in [0.2, 0.25) is 0 Å². The first-order chi connectivity index (χ1) is 12.0. The second kappa shape index (κ2) is 7.51. The van der Waals surface area contributed by atoms with E-state index in [4.69, 9.17) is 0 Å². The van der Waals surface area contributed by atoms with Gasteiger partial charge in [-0.2, -0.15) is 5.10 Å². The average Bonchev–Trinajstić information content (AvgIpc) is 2.62. The first-order valence-corrected chi connectivity index (χ1v) is 8.72. The number of aromatic amines is 1. The van der Waals surface area contributed by atoms with Gasteiger partial charge in [-0.15, -0.1) is 0 Å². The molecule has 6 heteroatoms. The van der Waals surface area contributed by atoms with Crippen LogP contribution in [-0.2, 0) is 4.79 Å². The van der Waals surface area contributed by atoms with E-state index in [9.17, 15) is 9.59 Å². The molecule has 1 aromatic heterocycles. The molecule has 0 spiro atoms. The van der Waals surface area contributed by atoms with Crippen molar-refractivity contribution in [3.05, 3.63) is 46.8 Å². The van der Waals surface area contributed by atoms with Gasteiger partial charge in [0.25, 0.3) is 5.56 Å². The highest BCUT2D eigenvalue weighted by molar-refractivity contribution is 5.77. The van der Waals surface area contributed by atoms with Crippen molar-refractivity contribution in [2.24, 2.45) is 5.92 Å². The molecule has 2 heterocycles. The van der Waals surface area contributed by atoms with Gasteiger partial charge in [-0.1, -0.05) is 44.2 Å². The van der Waals surface area contributed by atoms with Crippen LogP contribution in [-0.4, -0.2) is 47.2 Å². The van der Waals surface area contributed by atoms with Gasteiger partial charge in [0.05, 0.1) is 5.69 Å². The van der Waals surface area contributed by atoms with E-state index in [1.807, 2.05) is 35.2 Å². The molecule has 1 fully saturated rings. The molecule has 1 saturated heterocycles. The highest BCUT2D eigenvalue weighted by atomic mass is 16.2. The number of hydrogen-bond donors (Lipinski definition) is 1. The number of piperazine rings is 1. The normalized spacial score (nSPS) is 14.8. The van der Waals surface area contributed by atoms with Gasteiger partial charge in [-0.25, -0.2) is 5.10 Å². The highest BCUT2D eigenvalue weighted by Gasteiger charge is 2.24. The van der Waals surface area contributed by atoms with Crippen molar-refractivity contribution in [2.45, 2.75) is 20.3 Å². The minimum absolute atomic E-state index is 0.210. The maximum Gasteiger partial charge on any atom is 0.266 e. The van der Waals surface area contributed by atoms with Crippen LogP contribution in [0.5, 0.6) is 0 Å². The van der Waals surface area contributed by atoms with Crippen LogP contribution in [0.1, 0.15) is 20.3 Å². The number of benzene rings is 1. The molecule has 0 aliphatic carbocycles. The van der Waals surface area contributed by atoms with Crippen LogP contribution in [0.4, 0.5) is 5.69 Å². The summed E-state index contributed by atoms with van der Waals surface area (Å²) in [7, 11) is 0. The third kappa shape index (κ3) is 4.07. The number of hydrogen-bond acceptors (Lipinski definition) is 4. The summed E-state index contributed by atoms with van der Waals surface area (Å²) in [6.45, 7) is 6.87. The fraction of sp³-hybridized carbons (Fsp3) is 0.421. The van der Waals surface area contributed by atoms with Crippen molar-refractivity contribution in [1.29, 1.82) is 0 Å². The number of carbonyl (C=O) groups is 1. The number of carbonyl (C=O) groups excluding carboxylic acids is 1. The zero-order chi connectivity index (χ0) is 17.8. The van der Waals surface area contributed by atoms with E-state index >= 15 is 0 Å². The molecule has 1 amide bonds. The Balaban J connectivity index is 1.79.